The van der Waals surface area contributed by atoms with Crippen molar-refractivity contribution in [3.05, 3.63) is 40.9 Å². The summed E-state index contributed by atoms with van der Waals surface area (Å²) in [6, 6.07) is 7.23. The van der Waals surface area contributed by atoms with E-state index in [9.17, 15) is 9.59 Å². The molecule has 5 heteroatoms. The molecule has 0 heterocycles. The molecule has 0 fully saturated rings. The molecule has 0 atom stereocenters. The van der Waals surface area contributed by atoms with Crippen molar-refractivity contribution in [2.75, 3.05) is 20.2 Å². The van der Waals surface area contributed by atoms with Crippen LogP contribution >= 0.6 is 11.6 Å². The number of halogens is 1. The Morgan fingerprint density at radius 3 is 2.45 bits per heavy atom. The van der Waals surface area contributed by atoms with E-state index in [0.717, 1.165) is 5.56 Å². The number of hydrogen-bond acceptors (Lipinski definition) is 3. The van der Waals surface area contributed by atoms with Gasteiger partial charge in [-0.3, -0.25) is 9.59 Å². The molecule has 0 aliphatic carbocycles. The van der Waals surface area contributed by atoms with E-state index in [0.29, 0.717) is 24.0 Å². The highest BCUT2D eigenvalue weighted by Gasteiger charge is 2.14. The van der Waals surface area contributed by atoms with Crippen LogP contribution in [0.15, 0.2) is 30.3 Å². The van der Waals surface area contributed by atoms with Gasteiger partial charge in [0, 0.05) is 24.2 Å². The minimum atomic E-state index is -0.316. The van der Waals surface area contributed by atoms with Crippen LogP contribution < -0.4 is 0 Å². The van der Waals surface area contributed by atoms with Gasteiger partial charge < -0.3 is 9.64 Å². The molecular weight excluding hydrogens is 302 g/mol. The Hall–Kier alpha value is -1.81. The first-order chi connectivity index (χ1) is 10.4. The molecule has 0 bridgehead atoms. The SMILES string of the molecule is COC(=O)CCN(CC(C)C)C(=O)C=Cc1ccc(Cl)cc1. The van der Waals surface area contributed by atoms with Gasteiger partial charge in [-0.15, -0.1) is 0 Å². The van der Waals surface area contributed by atoms with Gasteiger partial charge in [0.1, 0.15) is 0 Å². The van der Waals surface area contributed by atoms with Gasteiger partial charge in [0.05, 0.1) is 13.5 Å². The zero-order valence-electron chi connectivity index (χ0n) is 13.2. The standard InChI is InChI=1S/C17H22ClNO3/c1-13(2)12-19(11-10-17(21)22-3)16(20)9-6-14-4-7-15(18)8-5-14/h4-9,13H,10-12H2,1-3H3. The minimum absolute atomic E-state index is 0.118. The highest BCUT2D eigenvalue weighted by atomic mass is 35.5. The van der Waals surface area contributed by atoms with Crippen molar-refractivity contribution in [3.63, 3.8) is 0 Å². The third-order valence-electron chi connectivity index (χ3n) is 3.00. The lowest BCUT2D eigenvalue weighted by Gasteiger charge is -2.22. The molecule has 1 aromatic rings. The highest BCUT2D eigenvalue weighted by molar-refractivity contribution is 6.30. The number of carbonyl (C=O) groups excluding carboxylic acids is 2. The fourth-order valence-electron chi connectivity index (χ4n) is 1.91. The van der Waals surface area contributed by atoms with E-state index in [1.807, 2.05) is 26.0 Å². The largest absolute Gasteiger partial charge is 0.469 e. The molecule has 1 amide bonds. The molecule has 22 heavy (non-hydrogen) atoms. The van der Waals surface area contributed by atoms with Gasteiger partial charge in [-0.25, -0.2) is 0 Å². The van der Waals surface area contributed by atoms with Crippen molar-refractivity contribution in [2.45, 2.75) is 20.3 Å². The summed E-state index contributed by atoms with van der Waals surface area (Å²) in [5.74, 6) is -0.110. The van der Waals surface area contributed by atoms with Gasteiger partial charge in [-0.05, 0) is 29.7 Å². The Kier molecular flexibility index (Phi) is 7.67. The van der Waals surface area contributed by atoms with Crippen molar-refractivity contribution in [2.24, 2.45) is 5.92 Å². The van der Waals surface area contributed by atoms with Gasteiger partial charge in [-0.1, -0.05) is 37.6 Å². The van der Waals surface area contributed by atoms with Crippen LogP contribution in [0, 0.1) is 5.92 Å². The molecule has 0 radical (unpaired) electrons. The number of ether oxygens (including phenoxy) is 1. The van der Waals surface area contributed by atoms with Gasteiger partial charge in [0.25, 0.3) is 0 Å². The first-order valence-corrected chi connectivity index (χ1v) is 7.59. The molecule has 0 aliphatic rings. The first-order valence-electron chi connectivity index (χ1n) is 7.21. The number of nitrogens with zero attached hydrogens (tertiary/aromatic N) is 1. The van der Waals surface area contributed by atoms with E-state index in [-0.39, 0.29) is 18.3 Å². The van der Waals surface area contributed by atoms with Crippen LogP contribution in [-0.4, -0.2) is 37.0 Å². The van der Waals surface area contributed by atoms with E-state index in [1.54, 1.807) is 23.1 Å². The lowest BCUT2D eigenvalue weighted by atomic mass is 10.2. The molecule has 0 saturated heterocycles. The number of amides is 1. The number of hydrogen-bond donors (Lipinski definition) is 0. The van der Waals surface area contributed by atoms with E-state index < -0.39 is 0 Å². The summed E-state index contributed by atoms with van der Waals surface area (Å²) in [5, 5.41) is 0.656. The minimum Gasteiger partial charge on any atom is -0.469 e. The summed E-state index contributed by atoms with van der Waals surface area (Å²) in [6.07, 6.45) is 3.46. The Morgan fingerprint density at radius 1 is 1.27 bits per heavy atom. The van der Waals surface area contributed by atoms with Crippen LogP contribution in [-0.2, 0) is 14.3 Å². The van der Waals surface area contributed by atoms with Crippen molar-refractivity contribution in [1.29, 1.82) is 0 Å². The van der Waals surface area contributed by atoms with Crippen LogP contribution in [0.5, 0.6) is 0 Å². The number of esters is 1. The Morgan fingerprint density at radius 2 is 1.91 bits per heavy atom. The molecule has 1 aromatic carbocycles. The summed E-state index contributed by atoms with van der Waals surface area (Å²) in [6.45, 7) is 5.01. The zero-order valence-corrected chi connectivity index (χ0v) is 14.0. The molecule has 120 valence electrons. The first kappa shape index (κ1) is 18.2. The van der Waals surface area contributed by atoms with Crippen LogP contribution in [0.25, 0.3) is 6.08 Å². The third-order valence-corrected chi connectivity index (χ3v) is 3.25. The van der Waals surface area contributed by atoms with Gasteiger partial charge in [0.15, 0.2) is 0 Å². The van der Waals surface area contributed by atoms with E-state index >= 15 is 0 Å². The summed E-state index contributed by atoms with van der Waals surface area (Å²) >= 11 is 5.82. The predicted octanol–water partition coefficient (Wildman–Crippen LogP) is 3.40. The second kappa shape index (κ2) is 9.26. The van der Waals surface area contributed by atoms with Crippen LogP contribution in [0.2, 0.25) is 5.02 Å². The predicted molar refractivity (Wildman–Crippen MR) is 88.5 cm³/mol. The molecule has 0 N–H and O–H groups in total. The van der Waals surface area contributed by atoms with Gasteiger partial charge >= 0.3 is 5.97 Å². The highest BCUT2D eigenvalue weighted by Crippen LogP contribution is 2.11. The summed E-state index contributed by atoms with van der Waals surface area (Å²) < 4.78 is 4.62. The second-order valence-corrected chi connectivity index (χ2v) is 5.83. The molecule has 0 aromatic heterocycles. The van der Waals surface area contributed by atoms with Crippen molar-refractivity contribution in [3.8, 4) is 0 Å². The second-order valence-electron chi connectivity index (χ2n) is 5.39. The molecule has 0 spiro atoms. The number of rotatable bonds is 7. The monoisotopic (exact) mass is 323 g/mol. The number of methoxy groups -OCH3 is 1. The average Bonchev–Trinajstić information content (AvgIpc) is 2.49. The number of benzene rings is 1. The average molecular weight is 324 g/mol. The molecule has 4 nitrogen and oxygen atoms in total. The topological polar surface area (TPSA) is 46.6 Å². The molecular formula is C17H22ClNO3. The number of carbonyl (C=O) groups is 2. The van der Waals surface area contributed by atoms with Gasteiger partial charge in [0.2, 0.25) is 5.91 Å². The Balaban J connectivity index is 2.69. The van der Waals surface area contributed by atoms with E-state index in [4.69, 9.17) is 11.6 Å². The van der Waals surface area contributed by atoms with Gasteiger partial charge in [-0.2, -0.15) is 0 Å². The molecule has 0 saturated carbocycles. The maximum absolute atomic E-state index is 12.3. The van der Waals surface area contributed by atoms with Crippen LogP contribution in [0.1, 0.15) is 25.8 Å². The Bertz CT molecular complexity index is 523. The van der Waals surface area contributed by atoms with E-state index in [2.05, 4.69) is 4.74 Å². The maximum atomic E-state index is 12.3. The normalized spacial score (nSPS) is 11.0. The maximum Gasteiger partial charge on any atom is 0.307 e. The summed E-state index contributed by atoms with van der Waals surface area (Å²) in [4.78, 5) is 25.2. The fourth-order valence-corrected chi connectivity index (χ4v) is 2.03. The quantitative estimate of drug-likeness (QED) is 0.570. The Labute approximate surface area is 136 Å². The van der Waals surface area contributed by atoms with E-state index in [1.165, 1.54) is 13.2 Å². The fraction of sp³-hybridized carbons (Fsp3) is 0.412. The van der Waals surface area contributed by atoms with Crippen molar-refractivity contribution < 1.29 is 14.3 Å². The summed E-state index contributed by atoms with van der Waals surface area (Å²) in [7, 11) is 1.34. The lowest BCUT2D eigenvalue weighted by Crippen LogP contribution is -2.34. The van der Waals surface area contributed by atoms with Crippen LogP contribution in [0.3, 0.4) is 0 Å². The molecule has 0 unspecified atom stereocenters. The van der Waals surface area contributed by atoms with Crippen molar-refractivity contribution >= 4 is 29.6 Å². The summed E-state index contributed by atoms with van der Waals surface area (Å²) in [5.41, 5.74) is 0.898. The van der Waals surface area contributed by atoms with Crippen LogP contribution in [0.4, 0.5) is 0 Å². The zero-order chi connectivity index (χ0) is 16.5. The third kappa shape index (κ3) is 6.76. The lowest BCUT2D eigenvalue weighted by molar-refractivity contribution is -0.141. The van der Waals surface area contributed by atoms with Crippen molar-refractivity contribution in [1.82, 2.24) is 4.90 Å². The molecule has 0 aliphatic heterocycles. The molecule has 1 rings (SSSR count). The smallest absolute Gasteiger partial charge is 0.307 e.